The third-order valence-corrected chi connectivity index (χ3v) is 24.4. The van der Waals surface area contributed by atoms with E-state index in [0.717, 1.165) is 51.2 Å². The predicted molar refractivity (Wildman–Crippen MR) is 221 cm³/mol. The molecule has 1 aliphatic heterocycles. The largest absolute Gasteiger partial charge is 0.413 e. The number of ether oxygens (including phenoxy) is 2. The second-order valence-electron chi connectivity index (χ2n) is 20.8. The van der Waals surface area contributed by atoms with Crippen molar-refractivity contribution in [1.29, 1.82) is 0 Å². The Labute approximate surface area is 316 Å². The molecule has 6 heteroatoms. The smallest absolute Gasteiger partial charge is 0.192 e. The number of fused-ring (bicyclic) bond motifs is 1. The summed E-state index contributed by atoms with van der Waals surface area (Å²) in [6.07, 6.45) is 24.3. The molecular formula is C45H78O4Si2. The van der Waals surface area contributed by atoms with Crippen LogP contribution in [0.15, 0.2) is 47.6 Å². The van der Waals surface area contributed by atoms with Gasteiger partial charge in [-0.25, -0.2) is 0 Å². The van der Waals surface area contributed by atoms with E-state index in [1.807, 2.05) is 0 Å². The van der Waals surface area contributed by atoms with E-state index in [4.69, 9.17) is 24.9 Å². The average Bonchev–Trinajstić information content (AvgIpc) is 3.49. The van der Waals surface area contributed by atoms with Crippen molar-refractivity contribution in [2.45, 2.75) is 194 Å². The van der Waals surface area contributed by atoms with E-state index in [9.17, 15) is 0 Å². The monoisotopic (exact) mass is 739 g/mol. The molecule has 5 fully saturated rings. The Hall–Kier alpha value is -0.766. The lowest BCUT2D eigenvalue weighted by Crippen LogP contribution is -2.49. The molecule has 4 saturated carbocycles. The van der Waals surface area contributed by atoms with Crippen molar-refractivity contribution in [2.75, 3.05) is 13.2 Å². The predicted octanol–water partition coefficient (Wildman–Crippen LogP) is 13.1. The normalized spacial score (nSPS) is 33.7. The third kappa shape index (κ3) is 8.42. The number of allylic oxidation sites excluding steroid dienone is 5. The zero-order valence-electron chi connectivity index (χ0n) is 35.4. The van der Waals surface area contributed by atoms with Gasteiger partial charge >= 0.3 is 0 Å². The summed E-state index contributed by atoms with van der Waals surface area (Å²) in [6.45, 7) is 37.2. The minimum atomic E-state index is -1.99. The first-order valence-electron chi connectivity index (χ1n) is 21.0. The second-order valence-corrected chi connectivity index (χ2v) is 30.3. The Balaban J connectivity index is 1.32. The van der Waals surface area contributed by atoms with Gasteiger partial charge in [0.15, 0.2) is 22.4 Å². The molecule has 290 valence electrons. The van der Waals surface area contributed by atoms with E-state index in [1.54, 1.807) is 5.57 Å². The lowest BCUT2D eigenvalue weighted by molar-refractivity contribution is -0.210. The van der Waals surface area contributed by atoms with E-state index in [1.165, 1.54) is 56.1 Å². The summed E-state index contributed by atoms with van der Waals surface area (Å²) in [6, 6.07) is 0. The Morgan fingerprint density at radius 3 is 2.14 bits per heavy atom. The van der Waals surface area contributed by atoms with Gasteiger partial charge in [0, 0.05) is 18.3 Å². The van der Waals surface area contributed by atoms with Gasteiger partial charge in [-0.05, 0) is 128 Å². The molecular weight excluding hydrogens is 661 g/mol. The summed E-state index contributed by atoms with van der Waals surface area (Å²) in [7, 11) is -3.92. The SMILES string of the molecule is C=C1C(=CC=C2CCC[C@]3(C)[C@@H]([C@H](C)C=CCC4(C5(CCC)OCCO5)CC4)CC[C@@H]23)C[C@@H](O[Si](C)(C)C(C)(C)C)C[C@@H]1O[Si](C)(C)C(C)(C)C. The minimum absolute atomic E-state index is 0.0256. The van der Waals surface area contributed by atoms with Crippen LogP contribution < -0.4 is 0 Å². The summed E-state index contributed by atoms with van der Waals surface area (Å²) in [5, 5.41) is 0.329. The Kier molecular flexibility index (Phi) is 12.2. The summed E-state index contributed by atoms with van der Waals surface area (Å²) in [5.41, 5.74) is 4.76. The van der Waals surface area contributed by atoms with E-state index in [2.05, 4.69) is 113 Å². The van der Waals surface area contributed by atoms with Crippen LogP contribution in [0.1, 0.15) is 139 Å². The molecule has 0 bridgehead atoms. The summed E-state index contributed by atoms with van der Waals surface area (Å²) in [5.74, 6) is 1.64. The van der Waals surface area contributed by atoms with Crippen LogP contribution in [0, 0.1) is 28.6 Å². The van der Waals surface area contributed by atoms with Crippen LogP contribution in [0.5, 0.6) is 0 Å². The van der Waals surface area contributed by atoms with Crippen LogP contribution >= 0.6 is 0 Å². The zero-order valence-corrected chi connectivity index (χ0v) is 37.4. The van der Waals surface area contributed by atoms with Gasteiger partial charge < -0.3 is 18.3 Å². The number of hydrogen-bond donors (Lipinski definition) is 0. The van der Waals surface area contributed by atoms with Gasteiger partial charge in [-0.1, -0.05) is 105 Å². The van der Waals surface area contributed by atoms with Crippen molar-refractivity contribution >= 4 is 16.6 Å². The van der Waals surface area contributed by atoms with E-state index in [0.29, 0.717) is 17.3 Å². The van der Waals surface area contributed by atoms with Gasteiger partial charge in [0.25, 0.3) is 0 Å². The van der Waals surface area contributed by atoms with Gasteiger partial charge in [-0.3, -0.25) is 0 Å². The molecule has 0 aromatic carbocycles. The molecule has 1 saturated heterocycles. The van der Waals surface area contributed by atoms with Crippen molar-refractivity contribution < 1.29 is 18.3 Å². The summed E-state index contributed by atoms with van der Waals surface area (Å²) >= 11 is 0. The first-order valence-corrected chi connectivity index (χ1v) is 26.8. The molecule has 0 unspecified atom stereocenters. The molecule has 0 radical (unpaired) electrons. The van der Waals surface area contributed by atoms with Crippen molar-refractivity contribution in [3.63, 3.8) is 0 Å². The highest BCUT2D eigenvalue weighted by atomic mass is 28.4. The highest BCUT2D eigenvalue weighted by Crippen LogP contribution is 2.62. The maximum Gasteiger partial charge on any atom is 0.192 e. The topological polar surface area (TPSA) is 36.9 Å². The van der Waals surface area contributed by atoms with Gasteiger partial charge in [0.1, 0.15) is 0 Å². The fourth-order valence-corrected chi connectivity index (χ4v) is 12.6. The maximum atomic E-state index is 7.13. The molecule has 4 aliphatic carbocycles. The Morgan fingerprint density at radius 1 is 0.922 bits per heavy atom. The summed E-state index contributed by atoms with van der Waals surface area (Å²) < 4.78 is 26.9. The van der Waals surface area contributed by atoms with E-state index >= 15 is 0 Å². The molecule has 6 atom stereocenters. The van der Waals surface area contributed by atoms with Crippen LogP contribution in [0.25, 0.3) is 0 Å². The quantitative estimate of drug-likeness (QED) is 0.148. The molecule has 0 aromatic rings. The molecule has 0 N–H and O–H groups in total. The third-order valence-electron chi connectivity index (χ3n) is 15.4. The van der Waals surface area contributed by atoms with Gasteiger partial charge in [0.2, 0.25) is 0 Å². The average molecular weight is 739 g/mol. The molecule has 0 spiro atoms. The molecule has 5 aliphatic rings. The van der Waals surface area contributed by atoms with E-state index in [-0.39, 0.29) is 33.5 Å². The standard InChI is InChI=1S/C45H78O4Si2/c1-15-24-45(46-29-30-47-45)44(27-28-44)26-16-18-33(2)38-22-23-39-35(19-17-25-43(38,39)10)20-21-36-31-37(48-50(11,12)41(4,5)6)32-40(34(36)3)49-51(13,14)42(7,8)9/h16,18,20-21,33,37-40H,3,15,17,19,22-32H2,1-2,4-14H3/t33-,37-,38-,39+,40+,43-/m1/s1. The molecule has 51 heavy (non-hydrogen) atoms. The first-order chi connectivity index (χ1) is 23.6. The van der Waals surface area contributed by atoms with Crippen LogP contribution in [0.3, 0.4) is 0 Å². The van der Waals surface area contributed by atoms with Crippen molar-refractivity contribution in [3.8, 4) is 0 Å². The van der Waals surface area contributed by atoms with Crippen LogP contribution in [-0.4, -0.2) is 47.8 Å². The highest BCUT2D eigenvalue weighted by Gasteiger charge is 2.61. The maximum absolute atomic E-state index is 7.13. The van der Waals surface area contributed by atoms with Crippen LogP contribution in [0.4, 0.5) is 0 Å². The first kappa shape index (κ1) is 41.4. The molecule has 5 rings (SSSR count). The molecule has 0 aromatic heterocycles. The highest BCUT2D eigenvalue weighted by molar-refractivity contribution is 6.74. The fraction of sp³-hybridized carbons (Fsp3) is 0.822. The van der Waals surface area contributed by atoms with Crippen LogP contribution in [0.2, 0.25) is 36.3 Å². The van der Waals surface area contributed by atoms with Crippen molar-refractivity contribution in [3.05, 3.63) is 47.6 Å². The molecule has 4 nitrogen and oxygen atoms in total. The minimum Gasteiger partial charge on any atom is -0.413 e. The summed E-state index contributed by atoms with van der Waals surface area (Å²) in [4.78, 5) is 0. The van der Waals surface area contributed by atoms with E-state index < -0.39 is 16.6 Å². The van der Waals surface area contributed by atoms with Crippen LogP contribution in [-0.2, 0) is 18.3 Å². The zero-order chi connectivity index (χ0) is 37.7. The lowest BCUT2D eigenvalue weighted by atomic mass is 9.61. The number of rotatable bonds is 12. The van der Waals surface area contributed by atoms with Gasteiger partial charge in [-0.2, -0.15) is 0 Å². The second kappa shape index (κ2) is 15.1. The number of hydrogen-bond acceptors (Lipinski definition) is 4. The fourth-order valence-electron chi connectivity index (χ4n) is 9.94. The molecule has 0 amide bonds. The van der Waals surface area contributed by atoms with Crippen molar-refractivity contribution in [2.24, 2.45) is 28.6 Å². The van der Waals surface area contributed by atoms with Gasteiger partial charge in [-0.15, -0.1) is 0 Å². The Morgan fingerprint density at radius 2 is 1.55 bits per heavy atom. The van der Waals surface area contributed by atoms with Crippen molar-refractivity contribution in [1.82, 2.24) is 0 Å². The Bertz CT molecular complexity index is 1330. The van der Waals surface area contributed by atoms with Gasteiger partial charge in [0.05, 0.1) is 25.4 Å². The molecule has 1 heterocycles. The lowest BCUT2D eigenvalue weighted by Gasteiger charge is -2.45.